The van der Waals surface area contributed by atoms with Crippen LogP contribution < -0.4 is 5.32 Å². The van der Waals surface area contributed by atoms with Crippen LogP contribution in [0.1, 0.15) is 290 Å². The van der Waals surface area contributed by atoms with E-state index >= 15 is 0 Å². The fraction of sp³-hybridized carbons (Fsp3) is 0.679. The maximum atomic E-state index is 13.1. The second-order valence-corrected chi connectivity index (χ2v) is 26.3. The molecular weight excluding hydrogens is 1090 g/mol. The first-order valence-electron chi connectivity index (χ1n) is 35.7. The molecule has 0 aromatic carbocycles. The number of nitrogens with zero attached hydrogens (tertiary/aromatic N) is 1. The molecule has 0 aromatic heterocycles. The Morgan fingerprint density at radius 3 is 1.06 bits per heavy atom. The quantitative estimate of drug-likeness (QED) is 0.0243. The highest BCUT2D eigenvalue weighted by Gasteiger charge is 2.28. The number of nitrogens with one attached hydrogen (secondary N) is 1. The predicted octanol–water partition coefficient (Wildman–Crippen LogP) is 23.2. The van der Waals surface area contributed by atoms with Crippen molar-refractivity contribution in [2.75, 3.05) is 40.9 Å². The molecule has 0 aliphatic carbocycles. The number of allylic oxidation sites excluding steroid dienone is 23. The van der Waals surface area contributed by atoms with Crippen molar-refractivity contribution < 1.29 is 32.9 Å². The van der Waals surface area contributed by atoms with E-state index < -0.39 is 20.0 Å². The molecule has 3 N–H and O–H groups in total. The second-order valence-electron chi connectivity index (χ2n) is 24.9. The summed E-state index contributed by atoms with van der Waals surface area (Å²) in [6.45, 7) is 4.68. The van der Waals surface area contributed by atoms with Crippen molar-refractivity contribution in [2.24, 2.45) is 0 Å². The van der Waals surface area contributed by atoms with Crippen LogP contribution in [0.25, 0.3) is 0 Å². The van der Waals surface area contributed by atoms with Gasteiger partial charge in [-0.3, -0.25) is 13.8 Å². The van der Waals surface area contributed by atoms with Crippen molar-refractivity contribution in [2.45, 2.75) is 302 Å². The molecular formula is C78H136N2O6P+. The number of hydrogen-bond donors (Lipinski definition) is 3. The number of aliphatic hydroxyl groups is 1. The number of hydrogen-bond acceptors (Lipinski definition) is 5. The molecule has 498 valence electrons. The van der Waals surface area contributed by atoms with Gasteiger partial charge in [0.25, 0.3) is 0 Å². The summed E-state index contributed by atoms with van der Waals surface area (Å²) in [5.74, 6) is -0.198. The monoisotopic (exact) mass is 1230 g/mol. The van der Waals surface area contributed by atoms with Gasteiger partial charge in [0.2, 0.25) is 5.91 Å². The Balaban J connectivity index is 4.16. The highest BCUT2D eigenvalue weighted by Crippen LogP contribution is 2.43. The number of phosphoric acid groups is 1. The van der Waals surface area contributed by atoms with E-state index in [1.54, 1.807) is 6.08 Å². The molecule has 9 heteroatoms. The van der Waals surface area contributed by atoms with Crippen LogP contribution in [0.3, 0.4) is 0 Å². The summed E-state index contributed by atoms with van der Waals surface area (Å²) < 4.78 is 23.8. The molecule has 3 unspecified atom stereocenters. The topological polar surface area (TPSA) is 105 Å². The van der Waals surface area contributed by atoms with Crippen LogP contribution in [-0.2, 0) is 18.4 Å². The van der Waals surface area contributed by atoms with E-state index in [1.165, 1.54) is 161 Å². The molecule has 0 bridgehead atoms. The molecule has 0 fully saturated rings. The number of phosphoric ester groups is 1. The van der Waals surface area contributed by atoms with Crippen LogP contribution in [0.2, 0.25) is 0 Å². The first-order chi connectivity index (χ1) is 42.5. The molecule has 8 nitrogen and oxygen atoms in total. The molecule has 87 heavy (non-hydrogen) atoms. The first kappa shape index (κ1) is 83.4. The number of amides is 1. The third-order valence-corrected chi connectivity index (χ3v) is 16.3. The van der Waals surface area contributed by atoms with Crippen molar-refractivity contribution in [1.82, 2.24) is 5.32 Å². The van der Waals surface area contributed by atoms with Crippen molar-refractivity contribution in [1.29, 1.82) is 0 Å². The Kier molecular flexibility index (Phi) is 64.0. The molecule has 0 heterocycles. The van der Waals surface area contributed by atoms with Gasteiger partial charge in [0.1, 0.15) is 13.2 Å². The minimum Gasteiger partial charge on any atom is -0.387 e. The summed E-state index contributed by atoms with van der Waals surface area (Å²) in [5, 5.41) is 14.0. The van der Waals surface area contributed by atoms with Crippen molar-refractivity contribution in [3.63, 3.8) is 0 Å². The fourth-order valence-electron chi connectivity index (χ4n) is 9.77. The number of carbonyl (C=O) groups excluding carboxylic acids is 1. The summed E-state index contributed by atoms with van der Waals surface area (Å²) in [7, 11) is 1.53. The van der Waals surface area contributed by atoms with Gasteiger partial charge in [-0.2, -0.15) is 0 Å². The molecule has 1 amide bonds. The molecule has 0 saturated carbocycles. The van der Waals surface area contributed by atoms with Gasteiger partial charge < -0.3 is 19.8 Å². The van der Waals surface area contributed by atoms with Crippen molar-refractivity contribution in [3.8, 4) is 0 Å². The average molecular weight is 1230 g/mol. The van der Waals surface area contributed by atoms with E-state index in [9.17, 15) is 19.4 Å². The lowest BCUT2D eigenvalue weighted by atomic mass is 10.0. The van der Waals surface area contributed by atoms with E-state index in [1.807, 2.05) is 27.2 Å². The van der Waals surface area contributed by atoms with Crippen LogP contribution in [0.4, 0.5) is 0 Å². The number of unbranched alkanes of at least 4 members (excludes halogenated alkanes) is 29. The SMILES string of the molecule is CC/C=C\C/C=C\C/C=C\C/C=C\C/C=C\C/C=C\C/C=C\C/C=C\C/C=C\CCCCCCCCCCCCCC(=O)NC(COP(=O)(O)OCC[N+](C)(C)C)C(O)/C=C/CC/C=C/CC/C=C/CCCCCCCCCCCCCCCCCC. The molecule has 0 saturated heterocycles. The van der Waals surface area contributed by atoms with Crippen LogP contribution in [0.5, 0.6) is 0 Å². The zero-order valence-corrected chi connectivity index (χ0v) is 57.9. The van der Waals surface area contributed by atoms with Crippen molar-refractivity contribution >= 4 is 13.7 Å². The van der Waals surface area contributed by atoms with Crippen molar-refractivity contribution in [3.05, 3.63) is 146 Å². The Morgan fingerprint density at radius 1 is 0.402 bits per heavy atom. The highest BCUT2D eigenvalue weighted by atomic mass is 31.2. The number of carbonyl (C=O) groups is 1. The zero-order chi connectivity index (χ0) is 63.4. The van der Waals surface area contributed by atoms with E-state index in [2.05, 4.69) is 153 Å². The molecule has 0 rings (SSSR count). The number of quaternary nitrogens is 1. The number of likely N-dealkylation sites (N-methyl/N-ethyl adjacent to an activating group) is 1. The number of aliphatic hydroxyl groups excluding tert-OH is 1. The zero-order valence-electron chi connectivity index (χ0n) is 57.0. The van der Waals surface area contributed by atoms with Gasteiger partial charge >= 0.3 is 7.82 Å². The smallest absolute Gasteiger partial charge is 0.387 e. The molecule has 0 aliphatic heterocycles. The third kappa shape index (κ3) is 69.7. The molecule has 0 aromatic rings. The molecule has 3 atom stereocenters. The standard InChI is InChI=1S/C78H135N2O6P/c1-6-8-10-12-14-16-18-20-22-24-26-28-30-32-34-35-36-37-38-39-40-41-42-43-44-45-46-48-50-52-54-56-58-60-62-64-66-68-70-72-78(82)79-76(75-86-87(83,84)85-74-73-80(3,4)5)77(81)71-69-67-65-63-61-59-57-55-53-51-49-47-33-31-29-27-25-23-21-19-17-15-13-11-9-7-2/h8,10,14,16,20,22,26,28,32,34,36-37,39-40,42-43,45-46,53,55,61,63,69,71,76-77,81H,6-7,9,11-13,15,17-19,21,23-25,27,29-31,33,35,38,41,44,47-52,54,56-60,62,64-68,70,72-75H2,1-5H3,(H-,79,82,83,84)/p+1/b10-8-,16-14-,22-20-,28-26-,34-32-,37-36-,40-39-,43-42-,46-45-,55-53+,63-61+,71-69+. The van der Waals surface area contributed by atoms with Gasteiger partial charge in [0.15, 0.2) is 0 Å². The van der Waals surface area contributed by atoms with E-state index in [0.717, 1.165) is 109 Å². The van der Waals surface area contributed by atoms with E-state index in [0.29, 0.717) is 17.4 Å². The summed E-state index contributed by atoms with van der Waals surface area (Å²) in [5.41, 5.74) is 0. The largest absolute Gasteiger partial charge is 0.472 e. The van der Waals surface area contributed by atoms with E-state index in [-0.39, 0.29) is 19.1 Å². The summed E-state index contributed by atoms with van der Waals surface area (Å²) in [4.78, 5) is 23.4. The Labute approximate surface area is 538 Å². The Hall–Kier alpha value is -3.62. The van der Waals surface area contributed by atoms with Crippen LogP contribution in [-0.4, -0.2) is 73.4 Å². The maximum absolute atomic E-state index is 13.1. The molecule has 0 aliphatic rings. The highest BCUT2D eigenvalue weighted by molar-refractivity contribution is 7.47. The maximum Gasteiger partial charge on any atom is 0.472 e. The normalized spacial score (nSPS) is 14.5. The first-order valence-corrected chi connectivity index (χ1v) is 37.2. The minimum atomic E-state index is -4.38. The minimum absolute atomic E-state index is 0.0466. The van der Waals surface area contributed by atoms with E-state index in [4.69, 9.17) is 9.05 Å². The van der Waals surface area contributed by atoms with Gasteiger partial charge in [0, 0.05) is 6.42 Å². The van der Waals surface area contributed by atoms with Crippen LogP contribution in [0.15, 0.2) is 146 Å². The predicted molar refractivity (Wildman–Crippen MR) is 382 cm³/mol. The lowest BCUT2D eigenvalue weighted by molar-refractivity contribution is -0.870. The van der Waals surface area contributed by atoms with Gasteiger partial charge in [-0.25, -0.2) is 4.57 Å². The summed E-state index contributed by atoms with van der Waals surface area (Å²) in [6, 6.07) is -0.883. The summed E-state index contributed by atoms with van der Waals surface area (Å²) >= 11 is 0. The Morgan fingerprint density at radius 2 is 0.701 bits per heavy atom. The molecule has 0 radical (unpaired) electrons. The van der Waals surface area contributed by atoms with Gasteiger partial charge in [0.05, 0.1) is 39.9 Å². The third-order valence-electron chi connectivity index (χ3n) is 15.3. The average Bonchev–Trinajstić information content (AvgIpc) is 3.69. The lowest BCUT2D eigenvalue weighted by Crippen LogP contribution is -2.45. The lowest BCUT2D eigenvalue weighted by Gasteiger charge is -2.25. The number of rotatable bonds is 64. The van der Waals surface area contributed by atoms with Crippen LogP contribution in [0, 0.1) is 0 Å². The second kappa shape index (κ2) is 66.8. The fourth-order valence-corrected chi connectivity index (χ4v) is 10.5. The summed E-state index contributed by atoms with van der Waals surface area (Å²) in [6.07, 6.45) is 103. The van der Waals surface area contributed by atoms with Gasteiger partial charge in [-0.15, -0.1) is 0 Å². The van der Waals surface area contributed by atoms with Gasteiger partial charge in [-0.1, -0.05) is 314 Å². The molecule has 0 spiro atoms. The Bertz CT molecular complexity index is 1930. The van der Waals surface area contributed by atoms with Gasteiger partial charge in [-0.05, 0) is 116 Å². The van der Waals surface area contributed by atoms with Crippen LogP contribution >= 0.6 is 7.82 Å².